The van der Waals surface area contributed by atoms with Gasteiger partial charge >= 0.3 is 0 Å². The predicted molar refractivity (Wildman–Crippen MR) is 66.6 cm³/mol. The molecule has 0 N–H and O–H groups in total. The van der Waals surface area contributed by atoms with Crippen LogP contribution >= 0.6 is 0 Å². The monoisotopic (exact) mass is 245 g/mol. The second-order valence-electron chi connectivity index (χ2n) is 5.29. The molecular formula is C14H16FN3. The summed E-state index contributed by atoms with van der Waals surface area (Å²) >= 11 is 0. The molecule has 1 saturated heterocycles. The number of anilines is 1. The van der Waals surface area contributed by atoms with Crippen molar-refractivity contribution < 1.29 is 4.39 Å². The average Bonchev–Trinajstić information content (AvgIpc) is 3.24. The summed E-state index contributed by atoms with van der Waals surface area (Å²) in [4.78, 5) is 5.79. The molecule has 0 radical (unpaired) electrons. The molecule has 1 aliphatic heterocycles. The van der Waals surface area contributed by atoms with Crippen LogP contribution in [0.2, 0.25) is 0 Å². The van der Waals surface area contributed by atoms with Gasteiger partial charge in [0.2, 0.25) is 0 Å². The molecule has 3 rings (SSSR count). The average molecular weight is 245 g/mol. The van der Waals surface area contributed by atoms with Crippen molar-refractivity contribution in [2.45, 2.75) is 25.7 Å². The first kappa shape index (κ1) is 11.5. The summed E-state index contributed by atoms with van der Waals surface area (Å²) in [6.07, 6.45) is 6.21. The van der Waals surface area contributed by atoms with E-state index in [2.05, 4.69) is 9.88 Å². The lowest BCUT2D eigenvalue weighted by molar-refractivity contribution is 0.361. The van der Waals surface area contributed by atoms with E-state index < -0.39 is 0 Å². The Bertz CT molecular complexity index is 482. The Hall–Kier alpha value is -1.63. The minimum absolute atomic E-state index is 0.288. The molecule has 1 aromatic heterocycles. The first-order valence-corrected chi connectivity index (χ1v) is 6.58. The summed E-state index contributed by atoms with van der Waals surface area (Å²) in [7, 11) is 0. The van der Waals surface area contributed by atoms with E-state index in [0.29, 0.717) is 5.69 Å². The molecule has 0 unspecified atom stereocenters. The van der Waals surface area contributed by atoms with Gasteiger partial charge in [-0.2, -0.15) is 5.26 Å². The third-order valence-electron chi connectivity index (χ3n) is 4.12. The van der Waals surface area contributed by atoms with Gasteiger partial charge in [0, 0.05) is 19.2 Å². The molecule has 2 aliphatic rings. The van der Waals surface area contributed by atoms with Crippen molar-refractivity contribution >= 4 is 5.69 Å². The highest BCUT2D eigenvalue weighted by molar-refractivity contribution is 5.50. The van der Waals surface area contributed by atoms with Gasteiger partial charge < -0.3 is 4.90 Å². The lowest BCUT2D eigenvalue weighted by Crippen LogP contribution is -2.34. The van der Waals surface area contributed by atoms with E-state index in [9.17, 15) is 4.39 Å². The first-order chi connectivity index (χ1) is 8.78. The van der Waals surface area contributed by atoms with E-state index in [1.54, 1.807) is 6.07 Å². The van der Waals surface area contributed by atoms with E-state index >= 15 is 0 Å². The molecule has 94 valence electrons. The third-order valence-corrected chi connectivity index (χ3v) is 4.12. The second kappa shape index (κ2) is 4.56. The summed E-state index contributed by atoms with van der Waals surface area (Å²) in [5.74, 6) is 1.45. The molecule has 1 aromatic rings. The van der Waals surface area contributed by atoms with Crippen LogP contribution in [0.4, 0.5) is 10.1 Å². The van der Waals surface area contributed by atoms with Crippen LogP contribution in [0.1, 0.15) is 31.4 Å². The zero-order chi connectivity index (χ0) is 12.5. The van der Waals surface area contributed by atoms with E-state index in [4.69, 9.17) is 5.26 Å². The maximum atomic E-state index is 13.7. The fourth-order valence-electron chi connectivity index (χ4n) is 2.91. The number of pyridine rings is 1. The van der Waals surface area contributed by atoms with Gasteiger partial charge in [-0.1, -0.05) is 0 Å². The summed E-state index contributed by atoms with van der Waals surface area (Å²) in [5, 5.41) is 8.82. The summed E-state index contributed by atoms with van der Waals surface area (Å²) in [5.41, 5.74) is 0.825. The third kappa shape index (κ3) is 2.17. The molecular weight excluding hydrogens is 229 g/mol. The summed E-state index contributed by atoms with van der Waals surface area (Å²) in [6, 6.07) is 3.53. The quantitative estimate of drug-likeness (QED) is 0.804. The van der Waals surface area contributed by atoms with Crippen LogP contribution < -0.4 is 4.90 Å². The Morgan fingerprint density at radius 3 is 2.50 bits per heavy atom. The second-order valence-corrected chi connectivity index (χ2v) is 5.29. The van der Waals surface area contributed by atoms with Crippen LogP contribution in [0.3, 0.4) is 0 Å². The molecule has 2 fully saturated rings. The summed E-state index contributed by atoms with van der Waals surface area (Å²) < 4.78 is 13.7. The van der Waals surface area contributed by atoms with E-state index in [-0.39, 0.29) is 11.5 Å². The Morgan fingerprint density at radius 1 is 1.22 bits per heavy atom. The number of rotatable bonds is 2. The van der Waals surface area contributed by atoms with Crippen molar-refractivity contribution in [2.75, 3.05) is 18.0 Å². The number of piperidine rings is 1. The van der Waals surface area contributed by atoms with E-state index in [1.807, 2.05) is 6.07 Å². The zero-order valence-corrected chi connectivity index (χ0v) is 10.3. The van der Waals surface area contributed by atoms with Gasteiger partial charge in [-0.3, -0.25) is 0 Å². The molecule has 1 aliphatic carbocycles. The predicted octanol–water partition coefficient (Wildman–Crippen LogP) is 2.72. The fourth-order valence-corrected chi connectivity index (χ4v) is 2.91. The Balaban J connectivity index is 1.73. The molecule has 1 saturated carbocycles. The van der Waals surface area contributed by atoms with Gasteiger partial charge in [-0.25, -0.2) is 9.37 Å². The number of hydrogen-bond acceptors (Lipinski definition) is 3. The normalized spacial score (nSPS) is 20.8. The lowest BCUT2D eigenvalue weighted by atomic mass is 9.92. The number of halogens is 1. The fraction of sp³-hybridized carbons (Fsp3) is 0.571. The van der Waals surface area contributed by atoms with Crippen molar-refractivity contribution in [3.8, 4) is 6.07 Å². The highest BCUT2D eigenvalue weighted by Crippen LogP contribution is 2.42. The molecule has 0 bridgehead atoms. The van der Waals surface area contributed by atoms with Crippen molar-refractivity contribution in [3.63, 3.8) is 0 Å². The van der Waals surface area contributed by atoms with Crippen molar-refractivity contribution in [1.82, 2.24) is 4.98 Å². The van der Waals surface area contributed by atoms with Gasteiger partial charge in [0.1, 0.15) is 11.8 Å². The molecule has 0 spiro atoms. The molecule has 0 atom stereocenters. The van der Waals surface area contributed by atoms with Gasteiger partial charge in [0.15, 0.2) is 5.82 Å². The first-order valence-electron chi connectivity index (χ1n) is 6.58. The van der Waals surface area contributed by atoms with Crippen molar-refractivity contribution in [3.05, 3.63) is 23.8 Å². The van der Waals surface area contributed by atoms with Crippen LogP contribution in [0.15, 0.2) is 12.3 Å². The maximum Gasteiger partial charge on any atom is 0.164 e. The van der Waals surface area contributed by atoms with Crippen LogP contribution in [0, 0.1) is 29.0 Å². The highest BCUT2D eigenvalue weighted by Gasteiger charge is 2.33. The topological polar surface area (TPSA) is 39.9 Å². The van der Waals surface area contributed by atoms with Crippen molar-refractivity contribution in [2.24, 2.45) is 11.8 Å². The SMILES string of the molecule is N#Cc1cc(N2CCC(C3CC3)CC2)c(F)cn1. The smallest absolute Gasteiger partial charge is 0.164 e. The molecule has 0 amide bonds. The molecule has 4 heteroatoms. The molecule has 2 heterocycles. The number of hydrogen-bond donors (Lipinski definition) is 0. The lowest BCUT2D eigenvalue weighted by Gasteiger charge is -2.33. The largest absolute Gasteiger partial charge is 0.369 e. The van der Waals surface area contributed by atoms with Gasteiger partial charge in [-0.05, 0) is 37.5 Å². The van der Waals surface area contributed by atoms with Crippen molar-refractivity contribution in [1.29, 1.82) is 5.26 Å². The number of nitriles is 1. The van der Waals surface area contributed by atoms with Gasteiger partial charge in [0.05, 0.1) is 11.9 Å². The standard InChI is InChI=1S/C14H16FN3/c15-13-9-17-12(8-16)7-14(13)18-5-3-11(4-6-18)10-1-2-10/h7,9-11H,1-6H2. The Kier molecular flexibility index (Phi) is 2.91. The Morgan fingerprint density at radius 2 is 1.89 bits per heavy atom. The van der Waals surface area contributed by atoms with Crippen LogP contribution in [0.5, 0.6) is 0 Å². The highest BCUT2D eigenvalue weighted by atomic mass is 19.1. The van der Waals surface area contributed by atoms with Crippen LogP contribution in [-0.4, -0.2) is 18.1 Å². The molecule has 3 nitrogen and oxygen atoms in total. The Labute approximate surface area is 106 Å². The minimum Gasteiger partial charge on any atom is -0.369 e. The van der Waals surface area contributed by atoms with Gasteiger partial charge in [0.25, 0.3) is 0 Å². The maximum absolute atomic E-state index is 13.7. The van der Waals surface area contributed by atoms with E-state index in [0.717, 1.165) is 44.0 Å². The zero-order valence-electron chi connectivity index (χ0n) is 10.3. The van der Waals surface area contributed by atoms with Crippen LogP contribution in [-0.2, 0) is 0 Å². The molecule has 18 heavy (non-hydrogen) atoms. The number of aromatic nitrogens is 1. The summed E-state index contributed by atoms with van der Waals surface area (Å²) in [6.45, 7) is 1.79. The molecule has 0 aromatic carbocycles. The van der Waals surface area contributed by atoms with E-state index in [1.165, 1.54) is 12.8 Å². The van der Waals surface area contributed by atoms with Crippen LogP contribution in [0.25, 0.3) is 0 Å². The van der Waals surface area contributed by atoms with Gasteiger partial charge in [-0.15, -0.1) is 0 Å². The minimum atomic E-state index is -0.320. The number of nitrogens with zero attached hydrogens (tertiary/aromatic N) is 3.